The third kappa shape index (κ3) is 16.2. The highest BCUT2D eigenvalue weighted by molar-refractivity contribution is 6.29. The molecule has 3 N–H and O–H groups in total. The Bertz CT molecular complexity index is 1200. The van der Waals surface area contributed by atoms with Crippen LogP contribution in [0.1, 0.15) is 74.7 Å². The highest BCUT2D eigenvalue weighted by Crippen LogP contribution is 2.23. The molecule has 1 rings (SSSR count). The second kappa shape index (κ2) is 19.6. The first-order valence-electron chi connectivity index (χ1n) is 15.1. The molecule has 4 unspecified atom stereocenters. The van der Waals surface area contributed by atoms with Crippen LogP contribution < -0.4 is 16.0 Å². The molecule has 45 heavy (non-hydrogen) atoms. The molecule has 0 saturated carbocycles. The molecule has 0 bridgehead atoms. The summed E-state index contributed by atoms with van der Waals surface area (Å²) < 4.78 is 15.9. The lowest BCUT2D eigenvalue weighted by Gasteiger charge is -2.29. The number of carbonyl (C=O) groups excluding carboxylic acids is 4. The van der Waals surface area contributed by atoms with Crippen LogP contribution in [0.3, 0.4) is 0 Å². The van der Waals surface area contributed by atoms with Gasteiger partial charge in [-0.3, -0.25) is 9.59 Å². The van der Waals surface area contributed by atoms with Crippen molar-refractivity contribution in [1.82, 2.24) is 16.0 Å². The van der Waals surface area contributed by atoms with Crippen LogP contribution in [-0.2, 0) is 28.6 Å². The average molecular weight is 648 g/mol. The van der Waals surface area contributed by atoms with Crippen LogP contribution in [0.2, 0.25) is 0 Å². The van der Waals surface area contributed by atoms with Gasteiger partial charge in [-0.25, -0.2) is 9.59 Å². The average Bonchev–Trinajstić information content (AvgIpc) is 2.93. The zero-order valence-electron chi connectivity index (χ0n) is 27.9. The number of hydrogen-bond acceptors (Lipinski definition) is 7. The minimum Gasteiger partial charge on any atom is -0.490 e. The summed E-state index contributed by atoms with van der Waals surface area (Å²) in [6, 6.07) is -0.884. The number of allylic oxidation sites excluding steroid dienone is 5. The number of amides is 3. The first-order chi connectivity index (χ1) is 21.0. The first-order valence-corrected chi connectivity index (χ1v) is 15.4. The van der Waals surface area contributed by atoms with Crippen LogP contribution in [0.25, 0.3) is 0 Å². The van der Waals surface area contributed by atoms with E-state index < -0.39 is 35.5 Å². The molecule has 10 nitrogen and oxygen atoms in total. The van der Waals surface area contributed by atoms with Gasteiger partial charge in [0.15, 0.2) is 5.76 Å². The smallest absolute Gasteiger partial charge is 0.407 e. The monoisotopic (exact) mass is 647 g/mol. The van der Waals surface area contributed by atoms with Gasteiger partial charge in [-0.15, -0.1) is 0 Å². The number of alkyl carbamates (subject to hydrolysis) is 1. The largest absolute Gasteiger partial charge is 0.490 e. The van der Waals surface area contributed by atoms with Crippen molar-refractivity contribution in [3.8, 4) is 0 Å². The maximum absolute atomic E-state index is 13.0. The van der Waals surface area contributed by atoms with Gasteiger partial charge in [0.05, 0.1) is 7.11 Å². The van der Waals surface area contributed by atoms with Crippen LogP contribution in [0.15, 0.2) is 71.2 Å². The molecule has 0 aliphatic carbocycles. The van der Waals surface area contributed by atoms with Crippen LogP contribution in [0.5, 0.6) is 0 Å². The first kappa shape index (κ1) is 39.2. The number of nitrogens with one attached hydrogen (secondary N) is 3. The fourth-order valence-corrected chi connectivity index (χ4v) is 4.27. The lowest BCUT2D eigenvalue weighted by Crippen LogP contribution is -2.52. The fraction of sp³-hybridized carbons (Fsp3) is 0.529. The predicted octanol–water partition coefficient (Wildman–Crippen LogP) is 6.11. The minimum absolute atomic E-state index is 0.0184. The van der Waals surface area contributed by atoms with E-state index >= 15 is 0 Å². The molecule has 0 aromatic carbocycles. The van der Waals surface area contributed by atoms with Crippen molar-refractivity contribution in [3.63, 3.8) is 0 Å². The van der Waals surface area contributed by atoms with Crippen molar-refractivity contribution in [2.75, 3.05) is 7.11 Å². The van der Waals surface area contributed by atoms with E-state index in [1.54, 1.807) is 37.3 Å². The number of carbonyl (C=O) groups is 4. The van der Waals surface area contributed by atoms with E-state index in [-0.39, 0.29) is 29.7 Å². The number of methoxy groups -OCH3 is 1. The van der Waals surface area contributed by atoms with Crippen molar-refractivity contribution in [2.24, 2.45) is 11.3 Å². The van der Waals surface area contributed by atoms with E-state index in [4.69, 9.17) is 25.8 Å². The summed E-state index contributed by atoms with van der Waals surface area (Å²) in [7, 11) is 1.44. The molecule has 0 radical (unpaired) electrons. The van der Waals surface area contributed by atoms with Gasteiger partial charge in [0.25, 0.3) is 0 Å². The summed E-state index contributed by atoms with van der Waals surface area (Å²) in [4.78, 5) is 49.6. The van der Waals surface area contributed by atoms with E-state index in [0.29, 0.717) is 24.3 Å². The van der Waals surface area contributed by atoms with Crippen molar-refractivity contribution in [1.29, 1.82) is 0 Å². The SMILES string of the molecule is COC1=CCC(C(C)/C=C(C)/C=C/C=C/C(=O)NC(C(=O)N/C=C\CC(C/C=C(\C)Cl)OC(=O)NC(C)C)C(C)(C)C)OC1=O. The van der Waals surface area contributed by atoms with Crippen molar-refractivity contribution >= 4 is 35.5 Å². The van der Waals surface area contributed by atoms with E-state index in [1.807, 2.05) is 60.6 Å². The van der Waals surface area contributed by atoms with Gasteiger partial charge in [-0.2, -0.15) is 0 Å². The van der Waals surface area contributed by atoms with E-state index in [2.05, 4.69) is 16.0 Å². The summed E-state index contributed by atoms with van der Waals surface area (Å²) in [5, 5.41) is 8.76. The van der Waals surface area contributed by atoms with E-state index in [9.17, 15) is 19.2 Å². The molecular weight excluding hydrogens is 598 g/mol. The lowest BCUT2D eigenvalue weighted by atomic mass is 9.86. The molecule has 1 aliphatic rings. The molecule has 1 heterocycles. The second-order valence-corrected chi connectivity index (χ2v) is 12.8. The molecule has 1 aliphatic heterocycles. The molecule has 3 amide bonds. The molecule has 0 fully saturated rings. The van der Waals surface area contributed by atoms with Crippen LogP contribution in [0.4, 0.5) is 4.79 Å². The Morgan fingerprint density at radius 3 is 2.33 bits per heavy atom. The van der Waals surface area contributed by atoms with Crippen LogP contribution in [-0.4, -0.2) is 55.3 Å². The van der Waals surface area contributed by atoms with Gasteiger partial charge in [-0.1, -0.05) is 81.3 Å². The molecule has 250 valence electrons. The molecule has 4 atom stereocenters. The number of esters is 1. The van der Waals surface area contributed by atoms with E-state index in [0.717, 1.165) is 5.57 Å². The normalized spacial score (nSPS) is 18.4. The molecule has 0 saturated heterocycles. The maximum Gasteiger partial charge on any atom is 0.407 e. The Hall–Kier alpha value is -3.79. The minimum atomic E-state index is -0.817. The zero-order chi connectivity index (χ0) is 34.2. The Morgan fingerprint density at radius 1 is 1.09 bits per heavy atom. The Kier molecular flexibility index (Phi) is 17.1. The second-order valence-electron chi connectivity index (χ2n) is 12.2. The number of hydrogen-bond donors (Lipinski definition) is 3. The van der Waals surface area contributed by atoms with Gasteiger partial charge in [0, 0.05) is 42.3 Å². The van der Waals surface area contributed by atoms with Crippen molar-refractivity contribution in [2.45, 2.75) is 98.9 Å². The summed E-state index contributed by atoms with van der Waals surface area (Å²) in [5.74, 6) is -1.07. The number of halogens is 1. The number of ether oxygens (including phenoxy) is 3. The molecular formula is C34H50ClN3O7. The Morgan fingerprint density at radius 2 is 1.76 bits per heavy atom. The summed E-state index contributed by atoms with van der Waals surface area (Å²) in [5.41, 5.74) is 0.364. The Labute approximate surface area is 273 Å². The van der Waals surface area contributed by atoms with Gasteiger partial charge in [0.1, 0.15) is 18.2 Å². The van der Waals surface area contributed by atoms with Crippen LogP contribution >= 0.6 is 11.6 Å². The maximum atomic E-state index is 13.0. The zero-order valence-corrected chi connectivity index (χ0v) is 28.7. The van der Waals surface area contributed by atoms with Gasteiger partial charge in [-0.05, 0) is 45.4 Å². The Balaban J connectivity index is 2.73. The molecule has 0 aromatic heterocycles. The highest BCUT2D eigenvalue weighted by Gasteiger charge is 2.32. The quantitative estimate of drug-likeness (QED) is 0.111. The van der Waals surface area contributed by atoms with Crippen LogP contribution in [0, 0.1) is 11.3 Å². The standard InChI is InChI=1S/C34H50ClN3O7/c1-22(2)37-33(42)44-26(17-16-25(5)35)14-12-20-36-31(40)30(34(6,7)8)38-29(39)15-11-10-13-23(3)21-24(4)27-18-19-28(43-9)32(41)45-27/h10-13,15-16,19-22,24,26-27,30H,14,17-18H2,1-9H3,(H,36,40)(H,37,42)(H,38,39)/b13-10+,15-11+,20-12-,23-21+,25-16+. The molecule has 0 spiro atoms. The number of cyclic esters (lactones) is 1. The lowest BCUT2D eigenvalue weighted by molar-refractivity contribution is -0.151. The van der Waals surface area contributed by atoms with E-state index in [1.165, 1.54) is 19.4 Å². The van der Waals surface area contributed by atoms with Gasteiger partial charge in [0.2, 0.25) is 11.8 Å². The van der Waals surface area contributed by atoms with Crippen molar-refractivity contribution < 1.29 is 33.4 Å². The summed E-state index contributed by atoms with van der Waals surface area (Å²) >= 11 is 5.94. The predicted molar refractivity (Wildman–Crippen MR) is 177 cm³/mol. The van der Waals surface area contributed by atoms with Crippen molar-refractivity contribution in [3.05, 3.63) is 71.2 Å². The number of rotatable bonds is 15. The fourth-order valence-electron chi connectivity index (χ4n) is 4.18. The summed E-state index contributed by atoms with van der Waals surface area (Å²) in [6.45, 7) is 14.9. The van der Waals surface area contributed by atoms with Gasteiger partial charge < -0.3 is 30.2 Å². The topological polar surface area (TPSA) is 132 Å². The molecule has 11 heteroatoms. The summed E-state index contributed by atoms with van der Waals surface area (Å²) in [6.07, 6.45) is 15.2. The molecule has 0 aromatic rings. The third-order valence-corrected chi connectivity index (χ3v) is 6.70. The third-order valence-electron chi connectivity index (χ3n) is 6.54. The van der Waals surface area contributed by atoms with Gasteiger partial charge >= 0.3 is 12.1 Å². The highest BCUT2D eigenvalue weighted by atomic mass is 35.5.